The standard InChI is InChI=1S/C24H28ClN5O4/c1-3-34-23(31)21-19(27-24(32)28-22(21)16-4-7-18(33-2)8-5-16)15-29-10-12-30(13-11-29)20-9-6-17(25)14-26-20/h4-9,14,22H,3,10-13,15H2,1-2H3,(H2,27,28,32). The number of benzene rings is 1. The lowest BCUT2D eigenvalue weighted by molar-refractivity contribution is -0.139. The second-order valence-electron chi connectivity index (χ2n) is 8.02. The zero-order valence-corrected chi connectivity index (χ0v) is 20.0. The highest BCUT2D eigenvalue weighted by atomic mass is 35.5. The molecule has 1 atom stereocenters. The van der Waals surface area contributed by atoms with Crippen molar-refractivity contribution in [3.05, 3.63) is 64.5 Å². The number of halogens is 1. The van der Waals surface area contributed by atoms with Crippen LogP contribution < -0.4 is 20.3 Å². The van der Waals surface area contributed by atoms with Gasteiger partial charge in [-0.2, -0.15) is 0 Å². The van der Waals surface area contributed by atoms with Gasteiger partial charge in [0.05, 0.1) is 30.4 Å². The predicted molar refractivity (Wildman–Crippen MR) is 129 cm³/mol. The highest BCUT2D eigenvalue weighted by Crippen LogP contribution is 2.29. The average molecular weight is 486 g/mol. The SMILES string of the molecule is CCOC(=O)C1=C(CN2CCN(c3ccc(Cl)cn3)CC2)NC(=O)NC1c1ccc(OC)cc1. The number of ether oxygens (including phenoxy) is 2. The minimum atomic E-state index is -0.617. The van der Waals surface area contributed by atoms with E-state index in [9.17, 15) is 9.59 Å². The smallest absolute Gasteiger partial charge is 0.338 e. The van der Waals surface area contributed by atoms with E-state index >= 15 is 0 Å². The molecule has 10 heteroatoms. The molecule has 2 aliphatic heterocycles. The number of hydrogen-bond donors (Lipinski definition) is 2. The number of urea groups is 1. The molecule has 2 N–H and O–H groups in total. The molecule has 34 heavy (non-hydrogen) atoms. The third-order valence-electron chi connectivity index (χ3n) is 5.89. The first-order valence-electron chi connectivity index (χ1n) is 11.2. The quantitative estimate of drug-likeness (QED) is 0.582. The van der Waals surface area contributed by atoms with Gasteiger partial charge >= 0.3 is 12.0 Å². The largest absolute Gasteiger partial charge is 0.497 e. The van der Waals surface area contributed by atoms with Gasteiger partial charge in [-0.25, -0.2) is 14.6 Å². The number of nitrogens with zero attached hydrogens (tertiary/aromatic N) is 3. The summed E-state index contributed by atoms with van der Waals surface area (Å²) in [4.78, 5) is 34.3. The molecule has 1 aromatic carbocycles. The number of hydrogen-bond acceptors (Lipinski definition) is 7. The Bertz CT molecular complexity index is 1050. The predicted octanol–water partition coefficient (Wildman–Crippen LogP) is 2.74. The Hall–Kier alpha value is -3.30. The molecule has 2 amide bonds. The molecule has 1 saturated heterocycles. The van der Waals surface area contributed by atoms with E-state index in [2.05, 4.69) is 25.4 Å². The molecule has 0 radical (unpaired) electrons. The van der Waals surface area contributed by atoms with E-state index in [1.54, 1.807) is 32.4 Å². The monoisotopic (exact) mass is 485 g/mol. The third-order valence-corrected chi connectivity index (χ3v) is 6.11. The summed E-state index contributed by atoms with van der Waals surface area (Å²) >= 11 is 5.95. The van der Waals surface area contributed by atoms with Gasteiger partial charge in [-0.3, -0.25) is 4.90 Å². The van der Waals surface area contributed by atoms with Gasteiger partial charge in [-0.05, 0) is 36.8 Å². The number of anilines is 1. The fourth-order valence-corrected chi connectivity index (χ4v) is 4.26. The van der Waals surface area contributed by atoms with E-state index in [1.807, 2.05) is 24.3 Å². The van der Waals surface area contributed by atoms with Crippen molar-refractivity contribution in [1.82, 2.24) is 20.5 Å². The van der Waals surface area contributed by atoms with Crippen LogP contribution in [0.1, 0.15) is 18.5 Å². The maximum atomic E-state index is 13.0. The van der Waals surface area contributed by atoms with Crippen LogP contribution in [0.25, 0.3) is 0 Å². The number of piperazine rings is 1. The zero-order chi connectivity index (χ0) is 24.1. The molecule has 1 fully saturated rings. The molecule has 1 unspecified atom stereocenters. The summed E-state index contributed by atoms with van der Waals surface area (Å²) in [5.74, 6) is 1.12. The van der Waals surface area contributed by atoms with Crippen LogP contribution in [-0.4, -0.2) is 68.3 Å². The first-order valence-corrected chi connectivity index (χ1v) is 11.6. The van der Waals surface area contributed by atoms with E-state index in [4.69, 9.17) is 21.1 Å². The Kier molecular flexibility index (Phi) is 7.54. The summed E-state index contributed by atoms with van der Waals surface area (Å²) in [7, 11) is 1.59. The second kappa shape index (κ2) is 10.8. The molecular formula is C24H28ClN5O4. The van der Waals surface area contributed by atoms with E-state index in [0.29, 0.717) is 28.6 Å². The Balaban J connectivity index is 1.54. The van der Waals surface area contributed by atoms with Crippen LogP contribution in [0.2, 0.25) is 5.02 Å². The van der Waals surface area contributed by atoms with Crippen LogP contribution in [0.4, 0.5) is 10.6 Å². The van der Waals surface area contributed by atoms with Crippen molar-refractivity contribution >= 4 is 29.4 Å². The lowest BCUT2D eigenvalue weighted by Gasteiger charge is -2.37. The van der Waals surface area contributed by atoms with Gasteiger partial charge in [0.2, 0.25) is 0 Å². The first-order chi connectivity index (χ1) is 16.5. The van der Waals surface area contributed by atoms with Crippen molar-refractivity contribution < 1.29 is 19.1 Å². The van der Waals surface area contributed by atoms with Crippen LogP contribution >= 0.6 is 11.6 Å². The van der Waals surface area contributed by atoms with Gasteiger partial charge in [0.1, 0.15) is 11.6 Å². The Morgan fingerprint density at radius 3 is 2.50 bits per heavy atom. The van der Waals surface area contributed by atoms with Crippen LogP contribution in [0.15, 0.2) is 53.9 Å². The Morgan fingerprint density at radius 2 is 1.88 bits per heavy atom. The number of aromatic nitrogens is 1. The van der Waals surface area contributed by atoms with Crippen molar-refractivity contribution in [3.63, 3.8) is 0 Å². The minimum Gasteiger partial charge on any atom is -0.497 e. The fraction of sp³-hybridized carbons (Fsp3) is 0.375. The van der Waals surface area contributed by atoms with E-state index in [1.165, 1.54) is 0 Å². The van der Waals surface area contributed by atoms with E-state index in [0.717, 1.165) is 37.6 Å². The number of rotatable bonds is 7. The molecule has 0 saturated carbocycles. The van der Waals surface area contributed by atoms with Gasteiger partial charge in [0.25, 0.3) is 0 Å². The highest BCUT2D eigenvalue weighted by Gasteiger charge is 2.34. The molecule has 1 aromatic heterocycles. The molecule has 2 aromatic rings. The van der Waals surface area contributed by atoms with Crippen molar-refractivity contribution in [3.8, 4) is 5.75 Å². The summed E-state index contributed by atoms with van der Waals surface area (Å²) in [6, 6.07) is 10.0. The number of carbonyl (C=O) groups is 2. The summed E-state index contributed by atoms with van der Waals surface area (Å²) in [6.45, 7) is 5.47. The molecule has 9 nitrogen and oxygen atoms in total. The zero-order valence-electron chi connectivity index (χ0n) is 19.2. The van der Waals surface area contributed by atoms with Gasteiger partial charge in [-0.15, -0.1) is 0 Å². The maximum absolute atomic E-state index is 13.0. The molecule has 0 bridgehead atoms. The molecule has 0 aliphatic carbocycles. The van der Waals surface area contributed by atoms with Crippen molar-refractivity contribution in [2.24, 2.45) is 0 Å². The van der Waals surface area contributed by atoms with Crippen molar-refractivity contribution in [2.45, 2.75) is 13.0 Å². The number of methoxy groups -OCH3 is 1. The highest BCUT2D eigenvalue weighted by molar-refractivity contribution is 6.30. The summed E-state index contributed by atoms with van der Waals surface area (Å²) in [5.41, 5.74) is 1.74. The van der Waals surface area contributed by atoms with Crippen LogP contribution in [0.3, 0.4) is 0 Å². The second-order valence-corrected chi connectivity index (χ2v) is 8.45. The van der Waals surface area contributed by atoms with Crippen molar-refractivity contribution in [2.75, 3.05) is 51.3 Å². The number of amides is 2. The third kappa shape index (κ3) is 5.43. The lowest BCUT2D eigenvalue weighted by Crippen LogP contribution is -2.52. The van der Waals surface area contributed by atoms with Crippen LogP contribution in [0.5, 0.6) is 5.75 Å². The molecule has 180 valence electrons. The number of esters is 1. The maximum Gasteiger partial charge on any atom is 0.338 e. The number of pyridine rings is 1. The molecular weight excluding hydrogens is 458 g/mol. The van der Waals surface area contributed by atoms with Gasteiger partial charge in [0, 0.05) is 44.6 Å². The average Bonchev–Trinajstić information content (AvgIpc) is 2.85. The first kappa shape index (κ1) is 23.8. The van der Waals surface area contributed by atoms with Crippen LogP contribution in [0, 0.1) is 0 Å². The number of carbonyl (C=O) groups excluding carboxylic acids is 2. The lowest BCUT2D eigenvalue weighted by atomic mass is 9.94. The van der Waals surface area contributed by atoms with E-state index in [-0.39, 0.29) is 12.6 Å². The van der Waals surface area contributed by atoms with Crippen LogP contribution in [-0.2, 0) is 9.53 Å². The Morgan fingerprint density at radius 1 is 1.15 bits per heavy atom. The van der Waals surface area contributed by atoms with Crippen molar-refractivity contribution in [1.29, 1.82) is 0 Å². The summed E-state index contributed by atoms with van der Waals surface area (Å²) in [6.07, 6.45) is 1.64. The minimum absolute atomic E-state index is 0.242. The summed E-state index contributed by atoms with van der Waals surface area (Å²) < 4.78 is 10.6. The Labute approximate surface area is 203 Å². The fourth-order valence-electron chi connectivity index (χ4n) is 4.15. The normalized spacial score (nSPS) is 18.9. The topological polar surface area (TPSA) is 96.0 Å². The molecule has 4 rings (SSSR count). The molecule has 0 spiro atoms. The van der Waals surface area contributed by atoms with E-state index < -0.39 is 12.0 Å². The van der Waals surface area contributed by atoms with Gasteiger partial charge in [0.15, 0.2) is 0 Å². The van der Waals surface area contributed by atoms with Gasteiger partial charge < -0.3 is 25.0 Å². The number of nitrogens with one attached hydrogen (secondary N) is 2. The molecule has 3 heterocycles. The molecule has 2 aliphatic rings. The van der Waals surface area contributed by atoms with Gasteiger partial charge in [-0.1, -0.05) is 23.7 Å². The summed E-state index contributed by atoms with van der Waals surface area (Å²) in [5, 5.41) is 6.32.